The van der Waals surface area contributed by atoms with E-state index in [2.05, 4.69) is 4.72 Å². The molecule has 0 aromatic carbocycles. The van der Waals surface area contributed by atoms with Crippen LogP contribution in [0.5, 0.6) is 0 Å². The van der Waals surface area contributed by atoms with Gasteiger partial charge in [0.15, 0.2) is 0 Å². The maximum absolute atomic E-state index is 12.0. The topological polar surface area (TPSA) is 58.7 Å². The molecule has 0 aliphatic carbocycles. The largest absolute Gasteiger partial charge is 0.373 e. The van der Waals surface area contributed by atoms with Gasteiger partial charge >= 0.3 is 0 Å². The molecule has 1 aliphatic rings. The van der Waals surface area contributed by atoms with Gasteiger partial charge in [0.25, 0.3) is 0 Å². The Morgan fingerprint density at radius 2 is 1.88 bits per heavy atom. The monoisotopic (exact) mass is 249 g/mol. The highest BCUT2D eigenvalue weighted by Gasteiger charge is 2.35. The molecule has 1 aliphatic heterocycles. The van der Waals surface area contributed by atoms with Gasteiger partial charge in [-0.2, -0.15) is 0 Å². The second kappa shape index (κ2) is 4.63. The quantitative estimate of drug-likeness (QED) is 0.752. The van der Waals surface area contributed by atoms with Crippen LogP contribution in [-0.4, -0.2) is 31.9 Å². The van der Waals surface area contributed by atoms with Crippen molar-refractivity contribution in [3.63, 3.8) is 0 Å². The molecule has 0 aromatic rings. The molecule has 0 bridgehead atoms. The molecule has 0 saturated carbocycles. The molecular formula is C11H23NO3S. The smallest absolute Gasteiger partial charge is 0.216 e. The minimum atomic E-state index is -3.27. The molecule has 1 heterocycles. The number of hydrogen-bond donors (Lipinski definition) is 1. The molecule has 2 atom stereocenters. The van der Waals surface area contributed by atoms with E-state index in [0.29, 0.717) is 0 Å². The third-order valence-corrected chi connectivity index (χ3v) is 5.06. The van der Waals surface area contributed by atoms with Gasteiger partial charge in [0.05, 0.1) is 17.5 Å². The van der Waals surface area contributed by atoms with Crippen molar-refractivity contribution in [2.45, 2.75) is 57.9 Å². The van der Waals surface area contributed by atoms with Gasteiger partial charge in [0.1, 0.15) is 0 Å². The summed E-state index contributed by atoms with van der Waals surface area (Å²) in [5.74, 6) is 0.279. The molecule has 1 saturated heterocycles. The summed E-state index contributed by atoms with van der Waals surface area (Å²) in [6.45, 7) is 9.94. The number of nitrogens with one attached hydrogen (secondary N) is 1. The third kappa shape index (κ3) is 3.71. The fourth-order valence-electron chi connectivity index (χ4n) is 1.32. The maximum atomic E-state index is 12.0. The Hall–Kier alpha value is -0.130. The van der Waals surface area contributed by atoms with Crippen LogP contribution in [0.4, 0.5) is 0 Å². The predicted molar refractivity (Wildman–Crippen MR) is 64.8 cm³/mol. The second-order valence-corrected chi connectivity index (χ2v) is 8.24. The summed E-state index contributed by atoms with van der Waals surface area (Å²) in [7, 11) is -3.27. The van der Waals surface area contributed by atoms with E-state index in [-0.39, 0.29) is 18.1 Å². The number of epoxide rings is 1. The molecule has 5 heteroatoms. The van der Waals surface area contributed by atoms with Crippen molar-refractivity contribution in [2.75, 3.05) is 6.61 Å². The summed E-state index contributed by atoms with van der Waals surface area (Å²) in [6, 6.07) is -0.0308. The van der Waals surface area contributed by atoms with Crippen LogP contribution < -0.4 is 4.72 Å². The molecule has 1 rings (SSSR count). The van der Waals surface area contributed by atoms with E-state index < -0.39 is 14.8 Å². The lowest BCUT2D eigenvalue weighted by atomic mass is 10.0. The highest BCUT2D eigenvalue weighted by molar-refractivity contribution is 7.90. The van der Waals surface area contributed by atoms with Crippen molar-refractivity contribution in [2.24, 2.45) is 5.92 Å². The van der Waals surface area contributed by atoms with Crippen LogP contribution in [0.3, 0.4) is 0 Å². The van der Waals surface area contributed by atoms with E-state index >= 15 is 0 Å². The van der Waals surface area contributed by atoms with Gasteiger partial charge in [0.2, 0.25) is 10.0 Å². The first-order valence-corrected chi connectivity index (χ1v) is 7.25. The highest BCUT2D eigenvalue weighted by atomic mass is 32.2. The van der Waals surface area contributed by atoms with Gasteiger partial charge in [-0.1, -0.05) is 13.8 Å². The van der Waals surface area contributed by atoms with Crippen molar-refractivity contribution in [3.8, 4) is 0 Å². The van der Waals surface area contributed by atoms with Crippen LogP contribution in [-0.2, 0) is 14.8 Å². The van der Waals surface area contributed by atoms with E-state index in [4.69, 9.17) is 4.74 Å². The summed E-state index contributed by atoms with van der Waals surface area (Å²) in [4.78, 5) is 0. The zero-order valence-electron chi connectivity index (χ0n) is 10.8. The zero-order chi connectivity index (χ0) is 12.6. The minimum absolute atomic E-state index is 0.0308. The lowest BCUT2D eigenvalue weighted by Gasteiger charge is -2.27. The average molecular weight is 249 g/mol. The number of hydrogen-bond acceptors (Lipinski definition) is 3. The summed E-state index contributed by atoms with van der Waals surface area (Å²) >= 11 is 0. The SMILES string of the molecule is CC(C)[C@@H](C[C@H]1CO1)NS(=O)(=O)C(C)(C)C. The molecule has 0 amide bonds. The summed E-state index contributed by atoms with van der Waals surface area (Å²) in [5, 5.41) is 0. The first-order valence-electron chi connectivity index (χ1n) is 5.77. The summed E-state index contributed by atoms with van der Waals surface area (Å²) in [5.41, 5.74) is 0. The Balaban J connectivity index is 2.67. The average Bonchev–Trinajstić information content (AvgIpc) is 2.84. The van der Waals surface area contributed by atoms with Gasteiger partial charge in [-0.3, -0.25) is 0 Å². The fourth-order valence-corrected chi connectivity index (χ4v) is 2.44. The summed E-state index contributed by atoms with van der Waals surface area (Å²) in [6.07, 6.45) is 1.02. The maximum Gasteiger partial charge on any atom is 0.216 e. The van der Waals surface area contributed by atoms with Gasteiger partial charge < -0.3 is 4.74 Å². The van der Waals surface area contributed by atoms with Gasteiger partial charge in [0, 0.05) is 6.04 Å². The van der Waals surface area contributed by atoms with Crippen molar-refractivity contribution < 1.29 is 13.2 Å². The molecule has 0 unspecified atom stereocenters. The van der Waals surface area contributed by atoms with E-state index in [0.717, 1.165) is 13.0 Å². The molecule has 96 valence electrons. The van der Waals surface area contributed by atoms with E-state index in [1.54, 1.807) is 20.8 Å². The lowest BCUT2D eigenvalue weighted by molar-refractivity contribution is 0.339. The first-order chi connectivity index (χ1) is 7.13. The van der Waals surface area contributed by atoms with Crippen molar-refractivity contribution in [1.82, 2.24) is 4.72 Å². The standard InChI is InChI=1S/C11H23NO3S/c1-8(2)10(6-9-7-15-9)12-16(13,14)11(3,4)5/h8-10,12H,6-7H2,1-5H3/t9-,10+/m0/s1. The van der Waals surface area contributed by atoms with Crippen LogP contribution in [0.1, 0.15) is 41.0 Å². The predicted octanol–water partition coefficient (Wildman–Crippen LogP) is 1.52. The zero-order valence-corrected chi connectivity index (χ0v) is 11.6. The van der Waals surface area contributed by atoms with Crippen LogP contribution in [0.2, 0.25) is 0 Å². The van der Waals surface area contributed by atoms with Crippen molar-refractivity contribution in [3.05, 3.63) is 0 Å². The van der Waals surface area contributed by atoms with E-state index in [1.165, 1.54) is 0 Å². The number of ether oxygens (including phenoxy) is 1. The fraction of sp³-hybridized carbons (Fsp3) is 1.00. The van der Waals surface area contributed by atoms with E-state index in [9.17, 15) is 8.42 Å². The van der Waals surface area contributed by atoms with Gasteiger partial charge in [-0.25, -0.2) is 13.1 Å². The Labute approximate surface area is 98.8 Å². The van der Waals surface area contributed by atoms with Crippen molar-refractivity contribution >= 4 is 10.0 Å². The highest BCUT2D eigenvalue weighted by Crippen LogP contribution is 2.22. The Kier molecular flexibility index (Phi) is 4.03. The molecule has 1 N–H and O–H groups in total. The molecule has 4 nitrogen and oxygen atoms in total. The van der Waals surface area contributed by atoms with Gasteiger partial charge in [-0.15, -0.1) is 0 Å². The molecule has 1 fully saturated rings. The molecule has 0 spiro atoms. The first kappa shape index (κ1) is 13.9. The second-order valence-electron chi connectivity index (χ2n) is 5.78. The molecular weight excluding hydrogens is 226 g/mol. The normalized spacial score (nSPS) is 23.5. The van der Waals surface area contributed by atoms with Crippen molar-refractivity contribution in [1.29, 1.82) is 0 Å². The molecule has 16 heavy (non-hydrogen) atoms. The molecule has 0 radical (unpaired) electrons. The Morgan fingerprint density at radius 3 is 2.19 bits per heavy atom. The van der Waals surface area contributed by atoms with E-state index in [1.807, 2.05) is 13.8 Å². The number of rotatable bonds is 5. The van der Waals surface area contributed by atoms with Gasteiger partial charge in [-0.05, 0) is 33.1 Å². The Morgan fingerprint density at radius 1 is 1.38 bits per heavy atom. The van der Waals surface area contributed by atoms with Crippen LogP contribution in [0, 0.1) is 5.92 Å². The Bertz CT molecular complexity index is 326. The van der Waals surface area contributed by atoms with Crippen LogP contribution in [0.15, 0.2) is 0 Å². The van der Waals surface area contributed by atoms with Crippen LogP contribution >= 0.6 is 0 Å². The summed E-state index contributed by atoms with van der Waals surface area (Å²) < 4.78 is 31.2. The third-order valence-electron chi connectivity index (χ3n) is 2.84. The lowest BCUT2D eigenvalue weighted by Crippen LogP contribution is -2.47. The molecule has 0 aromatic heterocycles. The number of sulfonamides is 1. The minimum Gasteiger partial charge on any atom is -0.373 e. The van der Waals surface area contributed by atoms with Crippen LogP contribution in [0.25, 0.3) is 0 Å².